The number of carbonyl (C=O) groups is 2. The number of ether oxygens (including phenoxy) is 1. The van der Waals surface area contributed by atoms with Crippen LogP contribution in [0.2, 0.25) is 0 Å². The summed E-state index contributed by atoms with van der Waals surface area (Å²) in [6, 6.07) is 26.1. The quantitative estimate of drug-likeness (QED) is 0.114. The third kappa shape index (κ3) is 4.44. The van der Waals surface area contributed by atoms with Gasteiger partial charge in [0.15, 0.2) is 0 Å². The minimum Gasteiger partial charge on any atom is -0.462 e. The van der Waals surface area contributed by atoms with Gasteiger partial charge in [-0.3, -0.25) is 4.79 Å². The number of rotatable bonds is 7. The molecule has 0 amide bonds. The molecule has 4 nitrogen and oxygen atoms in total. The molecule has 0 saturated heterocycles. The van der Waals surface area contributed by atoms with Crippen molar-refractivity contribution in [3.8, 4) is 0 Å². The number of ketones is 1. The van der Waals surface area contributed by atoms with Gasteiger partial charge in [-0.15, -0.1) is 23.1 Å². The second-order valence-electron chi connectivity index (χ2n) is 9.56. The molecule has 0 aliphatic rings. The van der Waals surface area contributed by atoms with E-state index in [2.05, 4.69) is 43.3 Å². The van der Waals surface area contributed by atoms with Gasteiger partial charge in [0.05, 0.1) is 32.3 Å². The molecule has 0 spiro atoms. The summed E-state index contributed by atoms with van der Waals surface area (Å²) in [7, 11) is 0. The fraction of sp³-hybridized carbons (Fsp3) is 0.152. The van der Waals surface area contributed by atoms with Crippen molar-refractivity contribution >= 4 is 62.0 Å². The number of nitrogens with zero attached hydrogens (tertiary/aromatic N) is 1. The Hall–Kier alpha value is -3.87. The average molecular weight is 550 g/mol. The molecule has 0 saturated carbocycles. The van der Waals surface area contributed by atoms with Crippen LogP contribution in [-0.2, 0) is 10.5 Å². The highest BCUT2D eigenvalue weighted by atomic mass is 32.2. The number of thioether (sulfide) groups is 1. The SMILES string of the molecule is CCOC(=O)c1c2c(C(=O)c3ccccc3)sc(SCc3c(C)ccc4ccccc34)c2n2ccc(C)cc12. The third-order valence-electron chi connectivity index (χ3n) is 7.05. The van der Waals surface area contributed by atoms with Crippen LogP contribution < -0.4 is 0 Å². The van der Waals surface area contributed by atoms with Crippen LogP contribution in [0.15, 0.2) is 89.3 Å². The van der Waals surface area contributed by atoms with Crippen LogP contribution in [0, 0.1) is 13.8 Å². The molecule has 6 aromatic rings. The van der Waals surface area contributed by atoms with Crippen LogP contribution in [0.1, 0.15) is 49.2 Å². The fourth-order valence-electron chi connectivity index (χ4n) is 5.14. The van der Waals surface area contributed by atoms with Crippen LogP contribution in [0.25, 0.3) is 27.2 Å². The summed E-state index contributed by atoms with van der Waals surface area (Å²) in [5, 5.41) is 3.12. The number of carbonyl (C=O) groups excluding carboxylic acids is 2. The van der Waals surface area contributed by atoms with E-state index in [9.17, 15) is 9.59 Å². The number of thiophene rings is 1. The van der Waals surface area contributed by atoms with Crippen molar-refractivity contribution in [3.05, 3.63) is 118 Å². The first-order valence-corrected chi connectivity index (χ1v) is 14.7. The van der Waals surface area contributed by atoms with Gasteiger partial charge < -0.3 is 9.14 Å². The lowest BCUT2D eigenvalue weighted by atomic mass is 10.0. The van der Waals surface area contributed by atoms with Crippen LogP contribution in [0.5, 0.6) is 0 Å². The molecule has 0 atom stereocenters. The maximum atomic E-state index is 13.9. The fourth-order valence-corrected chi connectivity index (χ4v) is 7.79. The summed E-state index contributed by atoms with van der Waals surface area (Å²) < 4.78 is 8.57. The molecule has 6 rings (SSSR count). The maximum Gasteiger partial charge on any atom is 0.341 e. The summed E-state index contributed by atoms with van der Waals surface area (Å²) >= 11 is 3.18. The first kappa shape index (κ1) is 25.4. The zero-order chi connectivity index (χ0) is 27.1. The highest BCUT2D eigenvalue weighted by molar-refractivity contribution is 8.00. The molecule has 6 heteroatoms. The second kappa shape index (κ2) is 10.4. The van der Waals surface area contributed by atoms with Crippen molar-refractivity contribution in [2.45, 2.75) is 30.7 Å². The van der Waals surface area contributed by atoms with Crippen molar-refractivity contribution in [1.82, 2.24) is 4.40 Å². The highest BCUT2D eigenvalue weighted by Gasteiger charge is 2.29. The van der Waals surface area contributed by atoms with Gasteiger partial charge in [-0.1, -0.05) is 66.7 Å². The molecule has 0 N–H and O–H groups in total. The Kier molecular flexibility index (Phi) is 6.75. The van der Waals surface area contributed by atoms with E-state index in [1.54, 1.807) is 18.7 Å². The predicted octanol–water partition coefficient (Wildman–Crippen LogP) is 8.62. The first-order valence-electron chi connectivity index (χ1n) is 12.9. The zero-order valence-corrected chi connectivity index (χ0v) is 23.6. The van der Waals surface area contributed by atoms with Crippen LogP contribution in [-0.4, -0.2) is 22.8 Å². The molecular formula is C33H27NO3S2. The van der Waals surface area contributed by atoms with Crippen LogP contribution in [0.4, 0.5) is 0 Å². The van der Waals surface area contributed by atoms with Gasteiger partial charge in [-0.25, -0.2) is 4.79 Å². The number of aromatic nitrogens is 1. The van der Waals surface area contributed by atoms with Gasteiger partial charge in [0.1, 0.15) is 0 Å². The smallest absolute Gasteiger partial charge is 0.341 e. The molecule has 0 radical (unpaired) electrons. The van der Waals surface area contributed by atoms with Crippen molar-refractivity contribution in [2.24, 2.45) is 0 Å². The van der Waals surface area contributed by atoms with Crippen LogP contribution in [0.3, 0.4) is 0 Å². The van der Waals surface area contributed by atoms with E-state index in [1.807, 2.05) is 60.0 Å². The number of aryl methyl sites for hydroxylation is 2. The number of fused-ring (bicyclic) bond motifs is 4. The Balaban J connectivity index is 1.58. The Morgan fingerprint density at radius 1 is 0.949 bits per heavy atom. The van der Waals surface area contributed by atoms with E-state index in [1.165, 1.54) is 33.2 Å². The Bertz CT molecular complexity index is 1880. The molecule has 0 bridgehead atoms. The van der Waals surface area contributed by atoms with Crippen molar-refractivity contribution in [3.63, 3.8) is 0 Å². The number of hydrogen-bond donors (Lipinski definition) is 0. The van der Waals surface area contributed by atoms with E-state index in [4.69, 9.17) is 4.74 Å². The minimum atomic E-state index is -0.406. The van der Waals surface area contributed by atoms with Gasteiger partial charge >= 0.3 is 5.97 Å². The molecule has 194 valence electrons. The zero-order valence-electron chi connectivity index (χ0n) is 22.0. The van der Waals surface area contributed by atoms with Gasteiger partial charge in [0.2, 0.25) is 5.78 Å². The first-order chi connectivity index (χ1) is 19.0. The minimum absolute atomic E-state index is 0.0861. The molecule has 0 aliphatic heterocycles. The van der Waals surface area contributed by atoms with Crippen molar-refractivity contribution in [2.75, 3.05) is 6.61 Å². The number of hydrogen-bond acceptors (Lipinski definition) is 5. The lowest BCUT2D eigenvalue weighted by molar-refractivity contribution is 0.0531. The standard InChI is InChI=1S/C33H27NO3S2/c1-4-37-32(36)27-26-18-20(2)16-17-34(26)29-28(27)31(30(35)23-11-6-5-7-12-23)39-33(29)38-19-25-21(3)14-15-22-10-8-9-13-24(22)25/h5-18H,4,19H2,1-3H3. The van der Waals surface area contributed by atoms with Crippen molar-refractivity contribution < 1.29 is 14.3 Å². The largest absolute Gasteiger partial charge is 0.462 e. The van der Waals surface area contributed by atoms with Gasteiger partial charge in [0.25, 0.3) is 0 Å². The molecular weight excluding hydrogens is 523 g/mol. The Morgan fingerprint density at radius 2 is 1.72 bits per heavy atom. The van der Waals surface area contributed by atoms with E-state index >= 15 is 0 Å². The number of esters is 1. The van der Waals surface area contributed by atoms with Crippen LogP contribution >= 0.6 is 23.1 Å². The van der Waals surface area contributed by atoms with Gasteiger partial charge in [-0.2, -0.15) is 0 Å². The lowest BCUT2D eigenvalue weighted by Crippen LogP contribution is -2.06. The molecule has 3 aromatic heterocycles. The summed E-state index contributed by atoms with van der Waals surface area (Å²) in [5.41, 5.74) is 6.25. The maximum absolute atomic E-state index is 13.9. The van der Waals surface area contributed by atoms with Crippen molar-refractivity contribution in [1.29, 1.82) is 0 Å². The lowest BCUT2D eigenvalue weighted by Gasteiger charge is -2.10. The monoisotopic (exact) mass is 549 g/mol. The number of benzene rings is 3. The predicted molar refractivity (Wildman–Crippen MR) is 162 cm³/mol. The Labute approximate surface area is 235 Å². The van der Waals surface area contributed by atoms with E-state index in [0.717, 1.165) is 26.6 Å². The van der Waals surface area contributed by atoms with E-state index < -0.39 is 5.97 Å². The summed E-state index contributed by atoms with van der Waals surface area (Å²) in [6.45, 7) is 6.21. The molecule has 39 heavy (non-hydrogen) atoms. The van der Waals surface area contributed by atoms with E-state index in [0.29, 0.717) is 21.4 Å². The average Bonchev–Trinajstić information content (AvgIpc) is 3.48. The molecule has 3 aromatic carbocycles. The Morgan fingerprint density at radius 3 is 2.51 bits per heavy atom. The normalized spacial score (nSPS) is 11.5. The molecule has 0 fully saturated rings. The summed E-state index contributed by atoms with van der Waals surface area (Å²) in [6.07, 6.45) is 1.99. The van der Waals surface area contributed by atoms with E-state index in [-0.39, 0.29) is 12.4 Å². The summed E-state index contributed by atoms with van der Waals surface area (Å²) in [5.74, 6) is 0.254. The molecule has 3 heterocycles. The second-order valence-corrected chi connectivity index (χ2v) is 11.8. The number of pyridine rings is 1. The molecule has 0 unspecified atom stereocenters. The summed E-state index contributed by atoms with van der Waals surface area (Å²) in [4.78, 5) is 27.8. The van der Waals surface area contributed by atoms with Gasteiger partial charge in [-0.05, 0) is 60.4 Å². The topological polar surface area (TPSA) is 47.8 Å². The third-order valence-corrected chi connectivity index (χ3v) is 9.52. The molecule has 0 aliphatic carbocycles. The van der Waals surface area contributed by atoms with Gasteiger partial charge in [0, 0.05) is 22.9 Å². The highest BCUT2D eigenvalue weighted by Crippen LogP contribution is 2.45.